The molecule has 0 aliphatic rings. The maximum atomic E-state index is 12.9. The van der Waals surface area contributed by atoms with Gasteiger partial charge in [-0.2, -0.15) is 0 Å². The van der Waals surface area contributed by atoms with Crippen molar-refractivity contribution in [2.75, 3.05) is 10.6 Å². The molecule has 1 aromatic heterocycles. The molecule has 0 bridgehead atoms. The molecule has 6 heteroatoms. The first-order chi connectivity index (χ1) is 14.2. The maximum absolute atomic E-state index is 12.9. The quantitative estimate of drug-likeness (QED) is 0.418. The van der Waals surface area contributed by atoms with Gasteiger partial charge in [0.25, 0.3) is 0 Å². The second-order valence-electron chi connectivity index (χ2n) is 6.48. The monoisotopic (exact) mass is 403 g/mol. The highest BCUT2D eigenvalue weighted by Gasteiger charge is 2.09. The van der Waals surface area contributed by atoms with Gasteiger partial charge in [-0.25, -0.2) is 14.2 Å². The lowest BCUT2D eigenvalue weighted by atomic mass is 10.0. The number of amides is 2. The molecule has 0 atom stereocenters. The number of nitrogens with one attached hydrogen (secondary N) is 2. The van der Waals surface area contributed by atoms with Crippen molar-refractivity contribution in [1.29, 1.82) is 0 Å². The van der Waals surface area contributed by atoms with E-state index in [1.165, 1.54) is 46.7 Å². The SMILES string of the molecule is O=C(Nc1ccc(F)cc1)Nc1nc(-c2ccc(Cc3ccccc3)cc2)cs1. The number of hydrogen-bond acceptors (Lipinski definition) is 3. The molecule has 0 fully saturated rings. The van der Waals surface area contributed by atoms with Gasteiger partial charge in [0.05, 0.1) is 5.69 Å². The number of thiazole rings is 1. The minimum Gasteiger partial charge on any atom is -0.308 e. The van der Waals surface area contributed by atoms with Gasteiger partial charge in [-0.05, 0) is 41.8 Å². The number of rotatable bonds is 5. The van der Waals surface area contributed by atoms with Crippen molar-refractivity contribution >= 4 is 28.2 Å². The van der Waals surface area contributed by atoms with Crippen LogP contribution in [-0.2, 0) is 6.42 Å². The number of aromatic nitrogens is 1. The van der Waals surface area contributed by atoms with E-state index in [2.05, 4.69) is 39.9 Å². The third kappa shape index (κ3) is 5.06. The van der Waals surface area contributed by atoms with Crippen LogP contribution in [0.5, 0.6) is 0 Å². The van der Waals surface area contributed by atoms with Crippen LogP contribution in [0.3, 0.4) is 0 Å². The van der Waals surface area contributed by atoms with E-state index in [-0.39, 0.29) is 5.82 Å². The lowest BCUT2D eigenvalue weighted by molar-refractivity contribution is 0.262. The minimum absolute atomic E-state index is 0.352. The van der Waals surface area contributed by atoms with Crippen LogP contribution in [0.4, 0.5) is 20.0 Å². The zero-order chi connectivity index (χ0) is 20.1. The molecule has 144 valence electrons. The number of anilines is 2. The van der Waals surface area contributed by atoms with E-state index in [9.17, 15) is 9.18 Å². The summed E-state index contributed by atoms with van der Waals surface area (Å²) < 4.78 is 12.9. The lowest BCUT2D eigenvalue weighted by Gasteiger charge is -2.05. The van der Waals surface area contributed by atoms with E-state index in [0.29, 0.717) is 10.8 Å². The smallest absolute Gasteiger partial charge is 0.308 e. The summed E-state index contributed by atoms with van der Waals surface area (Å²) in [6, 6.07) is 23.7. The number of carbonyl (C=O) groups excluding carboxylic acids is 1. The molecule has 1 heterocycles. The fourth-order valence-electron chi connectivity index (χ4n) is 2.88. The van der Waals surface area contributed by atoms with Crippen LogP contribution >= 0.6 is 11.3 Å². The van der Waals surface area contributed by atoms with Crippen molar-refractivity contribution in [2.45, 2.75) is 6.42 Å². The molecule has 4 aromatic rings. The predicted molar refractivity (Wildman–Crippen MR) is 116 cm³/mol. The van der Waals surface area contributed by atoms with Crippen molar-refractivity contribution in [1.82, 2.24) is 4.98 Å². The molecule has 0 unspecified atom stereocenters. The van der Waals surface area contributed by atoms with Crippen LogP contribution < -0.4 is 10.6 Å². The zero-order valence-corrected chi connectivity index (χ0v) is 16.2. The van der Waals surface area contributed by atoms with Gasteiger partial charge in [0, 0.05) is 16.6 Å². The highest BCUT2D eigenvalue weighted by atomic mass is 32.1. The van der Waals surface area contributed by atoms with Crippen LogP contribution in [0.2, 0.25) is 0 Å². The molecule has 0 aliphatic heterocycles. The highest BCUT2D eigenvalue weighted by Crippen LogP contribution is 2.25. The van der Waals surface area contributed by atoms with Crippen molar-refractivity contribution in [2.24, 2.45) is 0 Å². The van der Waals surface area contributed by atoms with Gasteiger partial charge >= 0.3 is 6.03 Å². The number of hydrogen-bond donors (Lipinski definition) is 2. The van der Waals surface area contributed by atoms with Crippen LogP contribution in [0.15, 0.2) is 84.2 Å². The van der Waals surface area contributed by atoms with Gasteiger partial charge in [0.1, 0.15) is 5.82 Å². The Balaban J connectivity index is 1.38. The second kappa shape index (κ2) is 8.67. The Morgan fingerprint density at radius 3 is 2.28 bits per heavy atom. The summed E-state index contributed by atoms with van der Waals surface area (Å²) in [6.45, 7) is 0. The summed E-state index contributed by atoms with van der Waals surface area (Å²) in [5, 5.41) is 7.75. The molecule has 3 aromatic carbocycles. The van der Waals surface area contributed by atoms with E-state index < -0.39 is 6.03 Å². The zero-order valence-electron chi connectivity index (χ0n) is 15.4. The van der Waals surface area contributed by atoms with Gasteiger partial charge in [0.2, 0.25) is 0 Å². The minimum atomic E-state index is -0.421. The average Bonchev–Trinajstić information content (AvgIpc) is 3.19. The largest absolute Gasteiger partial charge is 0.325 e. The van der Waals surface area contributed by atoms with E-state index in [0.717, 1.165) is 17.7 Å². The number of nitrogens with zero attached hydrogens (tertiary/aromatic N) is 1. The number of urea groups is 1. The highest BCUT2D eigenvalue weighted by molar-refractivity contribution is 7.14. The van der Waals surface area contributed by atoms with Gasteiger partial charge in [-0.15, -0.1) is 11.3 Å². The summed E-state index contributed by atoms with van der Waals surface area (Å²) >= 11 is 1.35. The van der Waals surface area contributed by atoms with Gasteiger partial charge in [0.15, 0.2) is 5.13 Å². The Morgan fingerprint density at radius 1 is 0.862 bits per heavy atom. The first-order valence-electron chi connectivity index (χ1n) is 9.08. The molecule has 0 radical (unpaired) electrons. The van der Waals surface area contributed by atoms with Gasteiger partial charge in [-0.3, -0.25) is 5.32 Å². The number of benzene rings is 3. The lowest BCUT2D eigenvalue weighted by Crippen LogP contribution is -2.19. The molecule has 2 amide bonds. The van der Waals surface area contributed by atoms with Crippen molar-refractivity contribution in [3.63, 3.8) is 0 Å². The first-order valence-corrected chi connectivity index (χ1v) is 9.96. The average molecular weight is 403 g/mol. The van der Waals surface area contributed by atoms with Gasteiger partial charge in [-0.1, -0.05) is 54.6 Å². The van der Waals surface area contributed by atoms with E-state index in [4.69, 9.17) is 0 Å². The summed E-state index contributed by atoms with van der Waals surface area (Å²) in [5.41, 5.74) is 4.80. The van der Waals surface area contributed by atoms with Crippen LogP contribution in [-0.4, -0.2) is 11.0 Å². The summed E-state index contributed by atoms with van der Waals surface area (Å²) in [5.74, 6) is -0.352. The van der Waals surface area contributed by atoms with E-state index in [1.807, 2.05) is 35.7 Å². The number of carbonyl (C=O) groups is 1. The van der Waals surface area contributed by atoms with Crippen molar-refractivity contribution in [3.8, 4) is 11.3 Å². The molecule has 2 N–H and O–H groups in total. The maximum Gasteiger partial charge on any atom is 0.325 e. The molecule has 0 aliphatic carbocycles. The molecule has 0 spiro atoms. The summed E-state index contributed by atoms with van der Waals surface area (Å²) in [4.78, 5) is 16.6. The Hall–Kier alpha value is -3.51. The van der Waals surface area contributed by atoms with Crippen molar-refractivity contribution < 1.29 is 9.18 Å². The van der Waals surface area contributed by atoms with E-state index >= 15 is 0 Å². The van der Waals surface area contributed by atoms with Crippen molar-refractivity contribution in [3.05, 3.63) is 101 Å². The summed E-state index contributed by atoms with van der Waals surface area (Å²) in [6.07, 6.45) is 0.883. The molecule has 29 heavy (non-hydrogen) atoms. The normalized spacial score (nSPS) is 10.5. The fourth-order valence-corrected chi connectivity index (χ4v) is 3.60. The van der Waals surface area contributed by atoms with Crippen LogP contribution in [0, 0.1) is 5.82 Å². The Bertz CT molecular complexity index is 1090. The Morgan fingerprint density at radius 2 is 1.55 bits per heavy atom. The third-order valence-corrected chi connectivity index (χ3v) is 5.09. The topological polar surface area (TPSA) is 54.0 Å². The standard InChI is InChI=1S/C23H18FN3OS/c24-19-10-12-20(13-11-19)25-22(28)27-23-26-21(15-29-23)18-8-6-17(7-9-18)14-16-4-2-1-3-5-16/h1-13,15H,14H2,(H2,25,26,27,28). The molecule has 0 saturated carbocycles. The molecule has 4 rings (SSSR count). The Labute approximate surface area is 172 Å². The number of halogens is 1. The van der Waals surface area contributed by atoms with Crippen LogP contribution in [0.1, 0.15) is 11.1 Å². The predicted octanol–water partition coefficient (Wildman–Crippen LogP) is 6.18. The summed E-state index contributed by atoms with van der Waals surface area (Å²) in [7, 11) is 0. The Kier molecular flexibility index (Phi) is 5.63. The molecule has 0 saturated heterocycles. The third-order valence-electron chi connectivity index (χ3n) is 4.33. The van der Waals surface area contributed by atoms with Crippen LogP contribution in [0.25, 0.3) is 11.3 Å². The first kappa shape index (κ1) is 18.8. The fraction of sp³-hybridized carbons (Fsp3) is 0.0435. The van der Waals surface area contributed by atoms with E-state index in [1.54, 1.807) is 0 Å². The van der Waals surface area contributed by atoms with Gasteiger partial charge < -0.3 is 5.32 Å². The second-order valence-corrected chi connectivity index (χ2v) is 7.34. The molecular formula is C23H18FN3OS. The molecular weight excluding hydrogens is 385 g/mol. The molecule has 4 nitrogen and oxygen atoms in total.